The molecule has 1 aliphatic rings. The van der Waals surface area contributed by atoms with Crippen LogP contribution >= 0.6 is 0 Å². The third-order valence-corrected chi connectivity index (χ3v) is 3.66. The molecule has 2 heterocycles. The smallest absolute Gasteiger partial charge is 0.109 e. The summed E-state index contributed by atoms with van der Waals surface area (Å²) in [6.07, 6.45) is 10.1. The number of hydrogen-bond acceptors (Lipinski definition) is 3. The van der Waals surface area contributed by atoms with Crippen LogP contribution in [-0.2, 0) is 18.2 Å². The van der Waals surface area contributed by atoms with Gasteiger partial charge in [-0.25, -0.2) is 4.98 Å². The van der Waals surface area contributed by atoms with Crippen LogP contribution in [0.15, 0.2) is 12.4 Å². The van der Waals surface area contributed by atoms with Crippen molar-refractivity contribution in [3.05, 3.63) is 18.2 Å². The Hall–Kier alpha value is -0.870. The van der Waals surface area contributed by atoms with Gasteiger partial charge in [-0.05, 0) is 32.2 Å². The highest BCUT2D eigenvalue weighted by molar-refractivity contribution is 4.95. The van der Waals surface area contributed by atoms with Gasteiger partial charge in [-0.1, -0.05) is 6.92 Å². The lowest BCUT2D eigenvalue weighted by molar-refractivity contribution is 0.00521. The number of imidazole rings is 1. The van der Waals surface area contributed by atoms with Gasteiger partial charge in [-0.3, -0.25) is 0 Å². The lowest BCUT2D eigenvalue weighted by Gasteiger charge is -2.27. The van der Waals surface area contributed by atoms with E-state index in [9.17, 15) is 0 Å². The summed E-state index contributed by atoms with van der Waals surface area (Å²) in [6.45, 7) is 4.10. The lowest BCUT2D eigenvalue weighted by atomic mass is 9.99. The number of aromatic nitrogens is 2. The van der Waals surface area contributed by atoms with Crippen molar-refractivity contribution in [3.63, 3.8) is 0 Å². The summed E-state index contributed by atoms with van der Waals surface area (Å²) in [4.78, 5) is 4.41. The molecule has 0 aliphatic carbocycles. The van der Waals surface area contributed by atoms with E-state index in [1.807, 2.05) is 12.4 Å². The third kappa shape index (κ3) is 3.82. The Bertz CT molecular complexity index is 345. The molecule has 4 nitrogen and oxygen atoms in total. The van der Waals surface area contributed by atoms with Crippen molar-refractivity contribution in [2.24, 2.45) is 7.05 Å². The first-order valence-corrected chi connectivity index (χ1v) is 7.10. The van der Waals surface area contributed by atoms with Crippen LogP contribution in [0.3, 0.4) is 0 Å². The highest BCUT2D eigenvalue weighted by atomic mass is 16.5. The molecule has 1 aromatic rings. The Morgan fingerprint density at radius 3 is 3.06 bits per heavy atom. The number of hydrogen-bond donors (Lipinski definition) is 1. The van der Waals surface area contributed by atoms with Crippen LogP contribution in [0.1, 0.15) is 38.4 Å². The monoisotopic (exact) mass is 251 g/mol. The molecule has 1 aromatic heterocycles. The Kier molecular flexibility index (Phi) is 5.20. The zero-order valence-corrected chi connectivity index (χ0v) is 11.6. The molecule has 0 aromatic carbocycles. The summed E-state index contributed by atoms with van der Waals surface area (Å²) in [7, 11) is 2.06. The number of aryl methyl sites for hydroxylation is 1. The molecular weight excluding hydrogens is 226 g/mol. The van der Waals surface area contributed by atoms with Crippen LogP contribution in [-0.4, -0.2) is 34.8 Å². The van der Waals surface area contributed by atoms with Crippen molar-refractivity contribution in [2.45, 2.75) is 51.2 Å². The molecule has 2 rings (SSSR count). The first-order valence-electron chi connectivity index (χ1n) is 7.10. The molecule has 18 heavy (non-hydrogen) atoms. The topological polar surface area (TPSA) is 39.1 Å². The first-order chi connectivity index (χ1) is 8.79. The van der Waals surface area contributed by atoms with E-state index < -0.39 is 0 Å². The van der Waals surface area contributed by atoms with Crippen LogP contribution in [0, 0.1) is 0 Å². The quantitative estimate of drug-likeness (QED) is 0.839. The average Bonchev–Trinajstić information content (AvgIpc) is 2.77. The van der Waals surface area contributed by atoms with Gasteiger partial charge in [0, 0.05) is 38.5 Å². The minimum absolute atomic E-state index is 0.433. The van der Waals surface area contributed by atoms with Crippen molar-refractivity contribution in [3.8, 4) is 0 Å². The molecule has 102 valence electrons. The molecule has 0 spiro atoms. The fraction of sp³-hybridized carbons (Fsp3) is 0.786. The molecule has 2 unspecified atom stereocenters. The van der Waals surface area contributed by atoms with E-state index in [0.717, 1.165) is 31.8 Å². The second kappa shape index (κ2) is 6.90. The normalized spacial score (nSPS) is 22.0. The largest absolute Gasteiger partial charge is 0.378 e. The second-order valence-electron chi connectivity index (χ2n) is 5.14. The molecule has 1 aliphatic heterocycles. The first kappa shape index (κ1) is 13.6. The fourth-order valence-electron chi connectivity index (χ4n) is 2.65. The van der Waals surface area contributed by atoms with E-state index in [4.69, 9.17) is 4.74 Å². The Morgan fingerprint density at radius 1 is 1.56 bits per heavy atom. The van der Waals surface area contributed by atoms with Gasteiger partial charge in [0.05, 0.1) is 6.10 Å². The Morgan fingerprint density at radius 2 is 2.44 bits per heavy atom. The SMILES string of the molecule is CCNC(Cc1nccn1C)CC1CCCCO1. The van der Waals surface area contributed by atoms with Gasteiger partial charge in [-0.2, -0.15) is 0 Å². The summed E-state index contributed by atoms with van der Waals surface area (Å²) in [5.41, 5.74) is 0. The predicted octanol–water partition coefficient (Wildman–Crippen LogP) is 1.90. The summed E-state index contributed by atoms with van der Waals surface area (Å²) < 4.78 is 7.94. The van der Waals surface area contributed by atoms with Crippen molar-refractivity contribution in [2.75, 3.05) is 13.2 Å². The number of likely N-dealkylation sites (N-methyl/N-ethyl adjacent to an activating group) is 1. The summed E-state index contributed by atoms with van der Waals surface area (Å²) in [5, 5.41) is 3.56. The van der Waals surface area contributed by atoms with E-state index in [-0.39, 0.29) is 0 Å². The molecule has 0 amide bonds. The van der Waals surface area contributed by atoms with E-state index in [1.165, 1.54) is 19.3 Å². The maximum Gasteiger partial charge on any atom is 0.109 e. The highest BCUT2D eigenvalue weighted by Gasteiger charge is 2.20. The molecule has 1 N–H and O–H groups in total. The minimum Gasteiger partial charge on any atom is -0.378 e. The molecule has 4 heteroatoms. The zero-order valence-electron chi connectivity index (χ0n) is 11.6. The van der Waals surface area contributed by atoms with Crippen LogP contribution in [0.25, 0.3) is 0 Å². The zero-order chi connectivity index (χ0) is 12.8. The number of nitrogens with one attached hydrogen (secondary N) is 1. The van der Waals surface area contributed by atoms with Gasteiger partial charge in [0.1, 0.15) is 5.82 Å². The van der Waals surface area contributed by atoms with Crippen LogP contribution in [0.4, 0.5) is 0 Å². The Labute approximate surface area is 110 Å². The maximum atomic E-state index is 5.84. The predicted molar refractivity (Wildman–Crippen MR) is 72.6 cm³/mol. The van der Waals surface area contributed by atoms with Crippen molar-refractivity contribution < 1.29 is 4.74 Å². The molecule has 2 atom stereocenters. The number of rotatable bonds is 6. The number of ether oxygens (including phenoxy) is 1. The lowest BCUT2D eigenvalue weighted by Crippen LogP contribution is -2.36. The van der Waals surface area contributed by atoms with Crippen molar-refractivity contribution in [1.82, 2.24) is 14.9 Å². The summed E-state index contributed by atoms with van der Waals surface area (Å²) in [5.74, 6) is 1.15. The van der Waals surface area contributed by atoms with E-state index >= 15 is 0 Å². The van der Waals surface area contributed by atoms with E-state index in [1.54, 1.807) is 0 Å². The molecule has 0 bridgehead atoms. The molecule has 0 saturated carbocycles. The standard InChI is InChI=1S/C14H25N3O/c1-3-15-12(10-13-6-4-5-9-18-13)11-14-16-7-8-17(14)2/h7-8,12-13,15H,3-6,9-11H2,1-2H3. The number of nitrogens with zero attached hydrogens (tertiary/aromatic N) is 2. The van der Waals surface area contributed by atoms with Gasteiger partial charge in [0.2, 0.25) is 0 Å². The van der Waals surface area contributed by atoms with Gasteiger partial charge in [-0.15, -0.1) is 0 Å². The van der Waals surface area contributed by atoms with Crippen molar-refractivity contribution >= 4 is 0 Å². The summed E-state index contributed by atoms with van der Waals surface area (Å²) >= 11 is 0. The van der Waals surface area contributed by atoms with Gasteiger partial charge >= 0.3 is 0 Å². The minimum atomic E-state index is 0.433. The fourth-order valence-corrected chi connectivity index (χ4v) is 2.65. The molecular formula is C14H25N3O. The van der Waals surface area contributed by atoms with E-state index in [0.29, 0.717) is 12.1 Å². The van der Waals surface area contributed by atoms with Crippen molar-refractivity contribution in [1.29, 1.82) is 0 Å². The van der Waals surface area contributed by atoms with Gasteiger partial charge in [0.25, 0.3) is 0 Å². The molecule has 1 fully saturated rings. The van der Waals surface area contributed by atoms with Gasteiger partial charge in [0.15, 0.2) is 0 Å². The molecule has 1 saturated heterocycles. The molecule has 0 radical (unpaired) electrons. The Balaban J connectivity index is 1.88. The van der Waals surface area contributed by atoms with E-state index in [2.05, 4.69) is 28.8 Å². The summed E-state index contributed by atoms with van der Waals surface area (Å²) in [6, 6.07) is 0.471. The maximum absolute atomic E-state index is 5.84. The van der Waals surface area contributed by atoms with Gasteiger partial charge < -0.3 is 14.6 Å². The highest BCUT2D eigenvalue weighted by Crippen LogP contribution is 2.18. The average molecular weight is 251 g/mol. The van der Waals surface area contributed by atoms with Crippen LogP contribution in [0.5, 0.6) is 0 Å². The second-order valence-corrected chi connectivity index (χ2v) is 5.14. The van der Waals surface area contributed by atoms with Crippen LogP contribution < -0.4 is 5.32 Å². The third-order valence-electron chi connectivity index (χ3n) is 3.66. The van der Waals surface area contributed by atoms with Crippen LogP contribution in [0.2, 0.25) is 0 Å².